The minimum atomic E-state index is -0.233. The van der Waals surface area contributed by atoms with Gasteiger partial charge < -0.3 is 10.6 Å². The molecule has 0 amide bonds. The fraction of sp³-hybridized carbons (Fsp3) is 0.143. The zero-order valence-electron chi connectivity index (χ0n) is 14.6. The van der Waals surface area contributed by atoms with Crippen LogP contribution < -0.4 is 16.1 Å². The summed E-state index contributed by atoms with van der Waals surface area (Å²) in [5, 5.41) is 2.72. The van der Waals surface area contributed by atoms with Gasteiger partial charge in [0.15, 0.2) is 0 Å². The number of ether oxygens (including phenoxy) is 1. The second kappa shape index (κ2) is 6.19. The summed E-state index contributed by atoms with van der Waals surface area (Å²) in [5.41, 5.74) is 1.47. The van der Waals surface area contributed by atoms with E-state index in [1.165, 1.54) is 0 Å². The Morgan fingerprint density at radius 2 is 1.77 bits per heavy atom. The third kappa shape index (κ3) is 2.58. The number of nitrogen functional groups attached to an aromatic ring is 1. The molecule has 0 radical (unpaired) electrons. The predicted molar refractivity (Wildman–Crippen MR) is 104 cm³/mol. The largest absolute Gasteiger partial charge is 0.497 e. The first-order valence-electron chi connectivity index (χ1n) is 8.43. The average molecular weight is 345 g/mol. The second-order valence-corrected chi connectivity index (χ2v) is 6.36. The molecule has 5 heteroatoms. The molecule has 3 aromatic carbocycles. The van der Waals surface area contributed by atoms with E-state index in [-0.39, 0.29) is 11.5 Å². The maximum absolute atomic E-state index is 12.6. The monoisotopic (exact) mass is 345 g/mol. The molecule has 0 bridgehead atoms. The number of benzene rings is 3. The van der Waals surface area contributed by atoms with Crippen LogP contribution in [0.5, 0.6) is 5.75 Å². The standard InChI is InChI=1S/C21H19N3O2/c1-13(14-7-8-16-12-17(26-2)10-9-15(16)11-14)20-23-19-6-4-3-5-18(19)21(25)24(20)22/h3-13H,22H2,1-2H3/t13-/m0/s1. The van der Waals surface area contributed by atoms with Gasteiger partial charge in [-0.1, -0.05) is 43.3 Å². The summed E-state index contributed by atoms with van der Waals surface area (Å²) in [6.07, 6.45) is 0. The molecule has 5 nitrogen and oxygen atoms in total. The second-order valence-electron chi connectivity index (χ2n) is 6.36. The molecule has 0 saturated heterocycles. The zero-order valence-corrected chi connectivity index (χ0v) is 14.6. The van der Waals surface area contributed by atoms with Gasteiger partial charge in [0.25, 0.3) is 5.56 Å². The van der Waals surface area contributed by atoms with Gasteiger partial charge in [0.2, 0.25) is 0 Å². The minimum Gasteiger partial charge on any atom is -0.497 e. The molecule has 0 spiro atoms. The van der Waals surface area contributed by atoms with Crippen molar-refractivity contribution < 1.29 is 4.74 Å². The van der Waals surface area contributed by atoms with Crippen molar-refractivity contribution in [2.24, 2.45) is 0 Å². The third-order valence-electron chi connectivity index (χ3n) is 4.79. The topological polar surface area (TPSA) is 70.1 Å². The maximum atomic E-state index is 12.6. The van der Waals surface area contributed by atoms with E-state index in [1.807, 2.05) is 55.5 Å². The third-order valence-corrected chi connectivity index (χ3v) is 4.79. The van der Waals surface area contributed by atoms with Gasteiger partial charge in [0.05, 0.1) is 18.0 Å². The Hall–Kier alpha value is -3.34. The molecule has 0 fully saturated rings. The van der Waals surface area contributed by atoms with E-state index in [0.717, 1.165) is 26.8 Å². The predicted octanol–water partition coefficient (Wildman–Crippen LogP) is 3.42. The fourth-order valence-corrected chi connectivity index (χ4v) is 3.26. The van der Waals surface area contributed by atoms with Gasteiger partial charge in [0, 0.05) is 5.92 Å². The summed E-state index contributed by atoms with van der Waals surface area (Å²) >= 11 is 0. The molecule has 1 aromatic heterocycles. The molecule has 4 aromatic rings. The highest BCUT2D eigenvalue weighted by molar-refractivity contribution is 5.84. The molecule has 4 rings (SSSR count). The van der Waals surface area contributed by atoms with Crippen molar-refractivity contribution in [3.63, 3.8) is 0 Å². The maximum Gasteiger partial charge on any atom is 0.279 e. The summed E-state index contributed by atoms with van der Waals surface area (Å²) in [4.78, 5) is 17.2. The molecule has 0 aliphatic carbocycles. The van der Waals surface area contributed by atoms with E-state index in [2.05, 4.69) is 11.1 Å². The van der Waals surface area contributed by atoms with Crippen molar-refractivity contribution in [3.8, 4) is 5.75 Å². The van der Waals surface area contributed by atoms with Gasteiger partial charge in [-0.25, -0.2) is 9.66 Å². The molecular weight excluding hydrogens is 326 g/mol. The van der Waals surface area contributed by atoms with Crippen LogP contribution in [0.2, 0.25) is 0 Å². The number of nitrogens with zero attached hydrogens (tertiary/aromatic N) is 2. The van der Waals surface area contributed by atoms with Crippen LogP contribution in [0.1, 0.15) is 24.2 Å². The normalized spacial score (nSPS) is 12.4. The average Bonchev–Trinajstić information content (AvgIpc) is 2.69. The fourth-order valence-electron chi connectivity index (χ4n) is 3.26. The van der Waals surface area contributed by atoms with Crippen molar-refractivity contribution in [3.05, 3.63) is 82.4 Å². The molecular formula is C21H19N3O2. The van der Waals surface area contributed by atoms with Gasteiger partial charge in [-0.15, -0.1) is 0 Å². The van der Waals surface area contributed by atoms with Crippen LogP contribution in [-0.4, -0.2) is 16.8 Å². The van der Waals surface area contributed by atoms with E-state index >= 15 is 0 Å². The number of methoxy groups -OCH3 is 1. The molecule has 130 valence electrons. The Labute approximate surface area is 150 Å². The summed E-state index contributed by atoms with van der Waals surface area (Å²) in [6, 6.07) is 19.4. The summed E-state index contributed by atoms with van der Waals surface area (Å²) in [5.74, 6) is 7.31. The Balaban J connectivity index is 1.83. The van der Waals surface area contributed by atoms with Gasteiger partial charge >= 0.3 is 0 Å². The number of hydrogen-bond donors (Lipinski definition) is 1. The van der Waals surface area contributed by atoms with Crippen molar-refractivity contribution in [1.29, 1.82) is 0 Å². The Morgan fingerprint density at radius 3 is 2.58 bits per heavy atom. The van der Waals surface area contributed by atoms with Gasteiger partial charge in [-0.05, 0) is 40.6 Å². The van der Waals surface area contributed by atoms with Gasteiger partial charge in [-0.3, -0.25) is 4.79 Å². The molecule has 1 heterocycles. The number of aromatic nitrogens is 2. The van der Waals surface area contributed by atoms with Crippen LogP contribution in [0.15, 0.2) is 65.5 Å². The van der Waals surface area contributed by atoms with Crippen LogP contribution in [0.4, 0.5) is 0 Å². The van der Waals surface area contributed by atoms with E-state index in [0.29, 0.717) is 16.7 Å². The molecule has 0 aliphatic heterocycles. The smallest absolute Gasteiger partial charge is 0.279 e. The Morgan fingerprint density at radius 1 is 1.04 bits per heavy atom. The summed E-state index contributed by atoms with van der Waals surface area (Å²) in [6.45, 7) is 2.00. The first-order chi connectivity index (χ1) is 12.6. The number of fused-ring (bicyclic) bond motifs is 2. The van der Waals surface area contributed by atoms with Gasteiger partial charge in [-0.2, -0.15) is 0 Å². The Bertz CT molecular complexity index is 1180. The number of hydrogen-bond acceptors (Lipinski definition) is 4. The van der Waals surface area contributed by atoms with Crippen molar-refractivity contribution in [1.82, 2.24) is 9.66 Å². The minimum absolute atomic E-state index is 0.121. The van der Waals surface area contributed by atoms with E-state index < -0.39 is 0 Å². The molecule has 0 unspecified atom stereocenters. The van der Waals surface area contributed by atoms with Crippen molar-refractivity contribution in [2.75, 3.05) is 13.0 Å². The number of rotatable bonds is 3. The quantitative estimate of drug-likeness (QED) is 0.578. The molecule has 1 atom stereocenters. The van der Waals surface area contributed by atoms with Crippen LogP contribution in [0.25, 0.3) is 21.7 Å². The van der Waals surface area contributed by atoms with Crippen molar-refractivity contribution >= 4 is 21.7 Å². The Kier molecular flexibility index (Phi) is 3.84. The lowest BCUT2D eigenvalue weighted by molar-refractivity contribution is 0.415. The first-order valence-corrected chi connectivity index (χ1v) is 8.43. The van der Waals surface area contributed by atoms with E-state index in [1.54, 1.807) is 13.2 Å². The lowest BCUT2D eigenvalue weighted by Crippen LogP contribution is -2.32. The highest BCUT2D eigenvalue weighted by atomic mass is 16.5. The molecule has 2 N–H and O–H groups in total. The van der Waals surface area contributed by atoms with Crippen LogP contribution in [0.3, 0.4) is 0 Å². The SMILES string of the molecule is COc1ccc2cc([C@H](C)c3nc4ccccc4c(=O)n3N)ccc2c1. The number of nitrogens with two attached hydrogens (primary N) is 1. The summed E-state index contributed by atoms with van der Waals surface area (Å²) in [7, 11) is 1.66. The van der Waals surface area contributed by atoms with E-state index in [9.17, 15) is 4.79 Å². The molecule has 26 heavy (non-hydrogen) atoms. The van der Waals surface area contributed by atoms with E-state index in [4.69, 9.17) is 10.6 Å². The molecule has 0 aliphatic rings. The number of para-hydroxylation sites is 1. The summed E-state index contributed by atoms with van der Waals surface area (Å²) < 4.78 is 6.43. The van der Waals surface area contributed by atoms with Crippen LogP contribution in [-0.2, 0) is 0 Å². The first kappa shape index (κ1) is 16.1. The van der Waals surface area contributed by atoms with Crippen LogP contribution >= 0.6 is 0 Å². The lowest BCUT2D eigenvalue weighted by atomic mass is 9.96. The molecule has 0 saturated carbocycles. The van der Waals surface area contributed by atoms with Crippen LogP contribution in [0, 0.1) is 0 Å². The lowest BCUT2D eigenvalue weighted by Gasteiger charge is -2.16. The van der Waals surface area contributed by atoms with Crippen molar-refractivity contribution in [2.45, 2.75) is 12.8 Å². The van der Waals surface area contributed by atoms with Gasteiger partial charge in [0.1, 0.15) is 11.6 Å². The zero-order chi connectivity index (χ0) is 18.3. The highest BCUT2D eigenvalue weighted by Gasteiger charge is 2.17. The highest BCUT2D eigenvalue weighted by Crippen LogP contribution is 2.28.